The van der Waals surface area contributed by atoms with Crippen molar-refractivity contribution in [3.8, 4) is 0 Å². The summed E-state index contributed by atoms with van der Waals surface area (Å²) in [6.07, 6.45) is 5.66. The molecule has 110 valence electrons. The van der Waals surface area contributed by atoms with Crippen LogP contribution in [0.25, 0.3) is 0 Å². The van der Waals surface area contributed by atoms with Gasteiger partial charge in [0.25, 0.3) is 0 Å². The molecule has 2 saturated carbocycles. The lowest BCUT2D eigenvalue weighted by Gasteiger charge is -2.26. The summed E-state index contributed by atoms with van der Waals surface area (Å²) in [6, 6.07) is 1.85. The first kappa shape index (κ1) is 13.7. The average Bonchev–Trinajstić information content (AvgIpc) is 3.04. The number of hydrogen-bond donors (Lipinski definition) is 1. The van der Waals surface area contributed by atoms with E-state index in [2.05, 4.69) is 11.9 Å². The molecule has 1 aromatic rings. The van der Waals surface area contributed by atoms with Gasteiger partial charge in [-0.2, -0.15) is 0 Å². The zero-order valence-corrected chi connectivity index (χ0v) is 12.3. The quantitative estimate of drug-likeness (QED) is 0.898. The second-order valence-corrected chi connectivity index (χ2v) is 6.66. The van der Waals surface area contributed by atoms with Crippen molar-refractivity contribution in [2.24, 2.45) is 17.8 Å². The van der Waals surface area contributed by atoms with Crippen LogP contribution in [0.5, 0.6) is 0 Å². The number of carbonyl (C=O) groups is 1. The molecule has 2 aliphatic rings. The van der Waals surface area contributed by atoms with Crippen molar-refractivity contribution in [1.82, 2.24) is 4.90 Å². The molecule has 0 saturated heterocycles. The van der Waals surface area contributed by atoms with Crippen LogP contribution in [0.4, 0.5) is 0 Å². The first-order valence-corrected chi connectivity index (χ1v) is 7.54. The van der Waals surface area contributed by atoms with Gasteiger partial charge in [0.2, 0.25) is 5.76 Å². The highest BCUT2D eigenvalue weighted by atomic mass is 16.4. The molecule has 3 unspecified atom stereocenters. The minimum absolute atomic E-state index is 0.0772. The fraction of sp³-hybridized carbons (Fsp3) is 0.688. The van der Waals surface area contributed by atoms with Gasteiger partial charge in [0.1, 0.15) is 5.76 Å². The van der Waals surface area contributed by atoms with Gasteiger partial charge in [-0.05, 0) is 57.1 Å². The van der Waals surface area contributed by atoms with Crippen LogP contribution in [0.3, 0.4) is 0 Å². The SMILES string of the molecule is Cc1cc(CN(C)CC2CC3CCC2C3)oc1C(=O)O. The van der Waals surface area contributed by atoms with E-state index in [4.69, 9.17) is 9.52 Å². The molecule has 3 atom stereocenters. The van der Waals surface area contributed by atoms with Crippen LogP contribution in [0.15, 0.2) is 10.5 Å². The first-order valence-electron chi connectivity index (χ1n) is 7.54. The Morgan fingerprint density at radius 1 is 1.45 bits per heavy atom. The zero-order valence-electron chi connectivity index (χ0n) is 12.3. The van der Waals surface area contributed by atoms with Gasteiger partial charge >= 0.3 is 5.97 Å². The Kier molecular flexibility index (Phi) is 3.59. The molecule has 2 bridgehead atoms. The summed E-state index contributed by atoms with van der Waals surface area (Å²) < 4.78 is 5.43. The number of aromatic carboxylic acids is 1. The summed E-state index contributed by atoms with van der Waals surface area (Å²) in [5.41, 5.74) is 0.709. The van der Waals surface area contributed by atoms with E-state index in [1.165, 1.54) is 25.7 Å². The lowest BCUT2D eigenvalue weighted by atomic mass is 9.88. The number of fused-ring (bicyclic) bond motifs is 2. The molecule has 0 radical (unpaired) electrons. The van der Waals surface area contributed by atoms with E-state index < -0.39 is 5.97 Å². The molecule has 1 aromatic heterocycles. The predicted octanol–water partition coefficient (Wildman–Crippen LogP) is 3.15. The van der Waals surface area contributed by atoms with E-state index in [9.17, 15) is 4.79 Å². The van der Waals surface area contributed by atoms with Crippen molar-refractivity contribution in [2.75, 3.05) is 13.6 Å². The summed E-state index contributed by atoms with van der Waals surface area (Å²) in [7, 11) is 2.10. The summed E-state index contributed by atoms with van der Waals surface area (Å²) in [5, 5.41) is 9.01. The molecule has 1 heterocycles. The minimum atomic E-state index is -0.982. The largest absolute Gasteiger partial charge is 0.475 e. The minimum Gasteiger partial charge on any atom is -0.475 e. The number of furan rings is 1. The first-order chi connectivity index (χ1) is 9.52. The lowest BCUT2D eigenvalue weighted by molar-refractivity contribution is 0.0657. The van der Waals surface area contributed by atoms with Crippen molar-refractivity contribution < 1.29 is 14.3 Å². The number of carboxylic acid groups (broad SMARTS) is 1. The van der Waals surface area contributed by atoms with Gasteiger partial charge in [0.05, 0.1) is 6.54 Å². The second-order valence-electron chi connectivity index (χ2n) is 6.66. The third-order valence-electron chi connectivity index (χ3n) is 5.02. The van der Waals surface area contributed by atoms with Crippen LogP contribution in [0, 0.1) is 24.7 Å². The summed E-state index contributed by atoms with van der Waals surface area (Å²) >= 11 is 0. The van der Waals surface area contributed by atoms with Crippen molar-refractivity contribution in [3.05, 3.63) is 23.2 Å². The van der Waals surface area contributed by atoms with Crippen LogP contribution < -0.4 is 0 Å². The van der Waals surface area contributed by atoms with E-state index in [1.54, 1.807) is 6.92 Å². The summed E-state index contributed by atoms with van der Waals surface area (Å²) in [6.45, 7) is 3.58. The van der Waals surface area contributed by atoms with Gasteiger partial charge in [-0.3, -0.25) is 4.90 Å². The Balaban J connectivity index is 1.57. The molecular formula is C16H23NO3. The van der Waals surface area contributed by atoms with E-state index in [-0.39, 0.29) is 5.76 Å². The Morgan fingerprint density at radius 3 is 2.80 bits per heavy atom. The van der Waals surface area contributed by atoms with Gasteiger partial charge in [0, 0.05) is 12.1 Å². The third-order valence-corrected chi connectivity index (χ3v) is 5.02. The molecule has 4 heteroatoms. The van der Waals surface area contributed by atoms with Gasteiger partial charge in [-0.15, -0.1) is 0 Å². The highest BCUT2D eigenvalue weighted by Crippen LogP contribution is 2.48. The molecule has 0 aromatic carbocycles. The van der Waals surface area contributed by atoms with E-state index in [0.29, 0.717) is 12.1 Å². The normalized spacial score (nSPS) is 28.4. The Morgan fingerprint density at radius 2 is 2.25 bits per heavy atom. The number of aryl methyl sites for hydroxylation is 1. The van der Waals surface area contributed by atoms with Crippen molar-refractivity contribution in [3.63, 3.8) is 0 Å². The molecule has 20 heavy (non-hydrogen) atoms. The summed E-state index contributed by atoms with van der Waals surface area (Å²) in [4.78, 5) is 13.3. The molecule has 0 aliphatic heterocycles. The van der Waals surface area contributed by atoms with Crippen molar-refractivity contribution in [1.29, 1.82) is 0 Å². The van der Waals surface area contributed by atoms with Gasteiger partial charge < -0.3 is 9.52 Å². The van der Waals surface area contributed by atoms with Crippen molar-refractivity contribution in [2.45, 2.75) is 39.2 Å². The number of hydrogen-bond acceptors (Lipinski definition) is 3. The fourth-order valence-electron chi connectivity index (χ4n) is 4.17. The number of rotatable bonds is 5. The maximum atomic E-state index is 11.0. The highest BCUT2D eigenvalue weighted by Gasteiger charge is 2.39. The Labute approximate surface area is 119 Å². The third kappa shape index (κ3) is 2.62. The molecule has 2 aliphatic carbocycles. The molecule has 2 fully saturated rings. The maximum Gasteiger partial charge on any atom is 0.372 e. The zero-order chi connectivity index (χ0) is 14.3. The van der Waals surface area contributed by atoms with Crippen LogP contribution in [-0.4, -0.2) is 29.6 Å². The molecule has 1 N–H and O–H groups in total. The summed E-state index contributed by atoms with van der Waals surface area (Å²) in [5.74, 6) is 2.58. The Hall–Kier alpha value is -1.29. The standard InChI is InChI=1S/C16H23NO3/c1-10-5-14(20-15(10)16(18)19)9-17(2)8-13-7-11-3-4-12(13)6-11/h5,11-13H,3-4,6-9H2,1-2H3,(H,18,19). The van der Waals surface area contributed by atoms with Crippen LogP contribution in [0.1, 0.15) is 47.6 Å². The van der Waals surface area contributed by atoms with Crippen molar-refractivity contribution >= 4 is 5.97 Å². The molecular weight excluding hydrogens is 254 g/mol. The predicted molar refractivity (Wildman–Crippen MR) is 75.7 cm³/mol. The van der Waals surface area contributed by atoms with E-state index >= 15 is 0 Å². The van der Waals surface area contributed by atoms with Crippen LogP contribution >= 0.6 is 0 Å². The Bertz CT molecular complexity index is 508. The second kappa shape index (κ2) is 5.24. The molecule has 4 nitrogen and oxygen atoms in total. The van der Waals surface area contributed by atoms with Gasteiger partial charge in [-0.1, -0.05) is 6.42 Å². The fourth-order valence-corrected chi connectivity index (χ4v) is 4.17. The number of nitrogens with zero attached hydrogens (tertiary/aromatic N) is 1. The maximum absolute atomic E-state index is 11.0. The topological polar surface area (TPSA) is 53.7 Å². The van der Waals surface area contributed by atoms with Gasteiger partial charge in [0.15, 0.2) is 0 Å². The molecule has 0 amide bonds. The molecule has 3 rings (SSSR count). The van der Waals surface area contributed by atoms with Crippen LogP contribution in [0.2, 0.25) is 0 Å². The van der Waals surface area contributed by atoms with E-state index in [0.717, 1.165) is 30.1 Å². The van der Waals surface area contributed by atoms with Crippen LogP contribution in [-0.2, 0) is 6.54 Å². The van der Waals surface area contributed by atoms with Gasteiger partial charge in [-0.25, -0.2) is 4.79 Å². The number of carboxylic acids is 1. The monoisotopic (exact) mass is 277 g/mol. The van der Waals surface area contributed by atoms with E-state index in [1.807, 2.05) is 6.07 Å². The molecule has 0 spiro atoms. The lowest BCUT2D eigenvalue weighted by Crippen LogP contribution is -2.28. The highest BCUT2D eigenvalue weighted by molar-refractivity contribution is 5.86. The smallest absolute Gasteiger partial charge is 0.372 e. The average molecular weight is 277 g/mol.